The highest BCUT2D eigenvalue weighted by atomic mass is 16.6. The molecule has 0 saturated carbocycles. The van der Waals surface area contributed by atoms with Crippen molar-refractivity contribution < 1.29 is 9.53 Å². The quantitative estimate of drug-likeness (QED) is 0.554. The number of amides is 1. The maximum atomic E-state index is 10.6. The van der Waals surface area contributed by atoms with Crippen LogP contribution in [0.2, 0.25) is 0 Å². The van der Waals surface area contributed by atoms with E-state index in [2.05, 4.69) is 5.32 Å². The first-order valence-electron chi connectivity index (χ1n) is 3.34. The van der Waals surface area contributed by atoms with Gasteiger partial charge in [0.15, 0.2) is 0 Å². The molecule has 1 N–H and O–H groups in total. The van der Waals surface area contributed by atoms with Crippen LogP contribution in [0.1, 0.15) is 13.8 Å². The van der Waals surface area contributed by atoms with E-state index in [0.29, 0.717) is 0 Å². The van der Waals surface area contributed by atoms with Gasteiger partial charge in [0.1, 0.15) is 6.10 Å². The van der Waals surface area contributed by atoms with Crippen LogP contribution in [0.15, 0.2) is 12.2 Å². The zero-order chi connectivity index (χ0) is 7.56. The zero-order valence-corrected chi connectivity index (χ0v) is 6.13. The van der Waals surface area contributed by atoms with Crippen molar-refractivity contribution in [2.75, 3.05) is 0 Å². The molecule has 1 saturated heterocycles. The Morgan fingerprint density at radius 2 is 2.40 bits per heavy atom. The molecule has 1 aliphatic rings. The molecule has 1 amide bonds. The number of hydrogen-bond acceptors (Lipinski definition) is 2. The first kappa shape index (κ1) is 7.12. The van der Waals surface area contributed by atoms with Crippen LogP contribution in [0.4, 0.5) is 4.79 Å². The van der Waals surface area contributed by atoms with Gasteiger partial charge >= 0.3 is 6.09 Å². The van der Waals surface area contributed by atoms with Crippen LogP contribution >= 0.6 is 0 Å². The number of alkyl carbamates (subject to hydrolysis) is 1. The molecule has 1 aliphatic heterocycles. The summed E-state index contributed by atoms with van der Waals surface area (Å²) >= 11 is 0. The Balaban J connectivity index is 2.54. The fraction of sp³-hybridized carbons (Fsp3) is 0.571. The van der Waals surface area contributed by atoms with Crippen LogP contribution in [-0.2, 0) is 4.74 Å². The number of carbonyl (C=O) groups is 1. The summed E-state index contributed by atoms with van der Waals surface area (Å²) in [4.78, 5) is 10.6. The molecule has 0 aromatic heterocycles. The van der Waals surface area contributed by atoms with E-state index in [9.17, 15) is 4.79 Å². The second kappa shape index (κ2) is 2.73. The molecule has 0 aromatic carbocycles. The smallest absolute Gasteiger partial charge is 0.408 e. The van der Waals surface area contributed by atoms with E-state index in [-0.39, 0.29) is 18.2 Å². The molecule has 0 aromatic rings. The van der Waals surface area contributed by atoms with Crippen LogP contribution in [0, 0.1) is 0 Å². The lowest BCUT2D eigenvalue weighted by atomic mass is 10.2. The predicted octanol–water partition coefficient (Wildman–Crippen LogP) is 1.06. The van der Waals surface area contributed by atoms with Crippen LogP contribution < -0.4 is 5.32 Å². The van der Waals surface area contributed by atoms with Gasteiger partial charge in [-0.05, 0) is 19.9 Å². The number of hydrogen-bond donors (Lipinski definition) is 1. The molecule has 0 bridgehead atoms. The summed E-state index contributed by atoms with van der Waals surface area (Å²) in [5.41, 5.74) is 0. The molecule has 2 unspecified atom stereocenters. The average molecular weight is 141 g/mol. The van der Waals surface area contributed by atoms with Gasteiger partial charge in [-0.1, -0.05) is 6.08 Å². The minimum absolute atomic E-state index is 0.0856. The molecule has 56 valence electrons. The monoisotopic (exact) mass is 141 g/mol. The van der Waals surface area contributed by atoms with Gasteiger partial charge in [0, 0.05) is 0 Å². The van der Waals surface area contributed by atoms with Crippen molar-refractivity contribution in [3.8, 4) is 0 Å². The summed E-state index contributed by atoms with van der Waals surface area (Å²) in [5.74, 6) is 0. The van der Waals surface area contributed by atoms with Crippen molar-refractivity contribution in [3.63, 3.8) is 0 Å². The van der Waals surface area contributed by atoms with Crippen molar-refractivity contribution in [2.45, 2.75) is 26.0 Å². The minimum atomic E-state index is -0.324. The molecule has 0 spiro atoms. The third-order valence-corrected chi connectivity index (χ3v) is 1.46. The third-order valence-electron chi connectivity index (χ3n) is 1.46. The Bertz CT molecular complexity index is 165. The Hall–Kier alpha value is -0.990. The van der Waals surface area contributed by atoms with Crippen LogP contribution in [0.5, 0.6) is 0 Å². The van der Waals surface area contributed by atoms with Gasteiger partial charge in [0.25, 0.3) is 0 Å². The highest BCUT2D eigenvalue weighted by Gasteiger charge is 2.27. The third kappa shape index (κ3) is 1.29. The molecule has 1 fully saturated rings. The van der Waals surface area contributed by atoms with Crippen LogP contribution in [0.3, 0.4) is 0 Å². The topological polar surface area (TPSA) is 38.3 Å². The van der Waals surface area contributed by atoms with Gasteiger partial charge in [-0.3, -0.25) is 0 Å². The lowest BCUT2D eigenvalue weighted by molar-refractivity contribution is 0.154. The van der Waals surface area contributed by atoms with Gasteiger partial charge in [-0.15, -0.1) is 0 Å². The first-order chi connectivity index (χ1) is 4.74. The normalized spacial score (nSPS) is 32.4. The van der Waals surface area contributed by atoms with E-state index in [1.807, 2.05) is 26.0 Å². The number of carbonyl (C=O) groups excluding carboxylic acids is 1. The van der Waals surface area contributed by atoms with E-state index < -0.39 is 0 Å². The van der Waals surface area contributed by atoms with Crippen LogP contribution in [0.25, 0.3) is 0 Å². The van der Waals surface area contributed by atoms with E-state index in [1.165, 1.54) is 0 Å². The van der Waals surface area contributed by atoms with E-state index >= 15 is 0 Å². The van der Waals surface area contributed by atoms with Gasteiger partial charge in [0.05, 0.1) is 6.04 Å². The zero-order valence-electron chi connectivity index (χ0n) is 6.13. The summed E-state index contributed by atoms with van der Waals surface area (Å²) in [6, 6.07) is 0.101. The van der Waals surface area contributed by atoms with E-state index in [1.54, 1.807) is 0 Å². The Morgan fingerprint density at radius 3 is 2.80 bits per heavy atom. The number of rotatable bonds is 1. The lowest BCUT2D eigenvalue weighted by Gasteiger charge is -2.05. The Labute approximate surface area is 60.1 Å². The molecule has 1 rings (SSSR count). The summed E-state index contributed by atoms with van der Waals surface area (Å²) in [7, 11) is 0. The first-order valence-corrected chi connectivity index (χ1v) is 3.34. The maximum Gasteiger partial charge on any atom is 0.408 e. The molecular formula is C7H11NO2. The van der Waals surface area contributed by atoms with Gasteiger partial charge in [-0.2, -0.15) is 0 Å². The molecule has 3 nitrogen and oxygen atoms in total. The molecule has 3 heteroatoms. The highest BCUT2D eigenvalue weighted by molar-refractivity contribution is 5.70. The fourth-order valence-corrected chi connectivity index (χ4v) is 0.923. The Morgan fingerprint density at radius 1 is 1.70 bits per heavy atom. The summed E-state index contributed by atoms with van der Waals surface area (Å²) in [5, 5.41) is 2.64. The summed E-state index contributed by atoms with van der Waals surface area (Å²) in [6.07, 6.45) is 3.33. The highest BCUT2D eigenvalue weighted by Crippen LogP contribution is 2.08. The van der Waals surface area contributed by atoms with Crippen molar-refractivity contribution in [2.24, 2.45) is 0 Å². The maximum absolute atomic E-state index is 10.6. The fourth-order valence-electron chi connectivity index (χ4n) is 0.923. The number of cyclic esters (lactones) is 1. The van der Waals surface area contributed by atoms with Gasteiger partial charge < -0.3 is 10.1 Å². The van der Waals surface area contributed by atoms with Crippen molar-refractivity contribution in [1.29, 1.82) is 0 Å². The van der Waals surface area contributed by atoms with Crippen LogP contribution in [-0.4, -0.2) is 18.2 Å². The van der Waals surface area contributed by atoms with E-state index in [0.717, 1.165) is 0 Å². The summed E-state index contributed by atoms with van der Waals surface area (Å²) in [6.45, 7) is 3.81. The molecule has 10 heavy (non-hydrogen) atoms. The number of ether oxygens (including phenoxy) is 1. The summed E-state index contributed by atoms with van der Waals surface area (Å²) < 4.78 is 4.88. The van der Waals surface area contributed by atoms with Crippen molar-refractivity contribution >= 4 is 6.09 Å². The molecule has 1 heterocycles. The van der Waals surface area contributed by atoms with Gasteiger partial charge in [-0.25, -0.2) is 4.79 Å². The minimum Gasteiger partial charge on any atom is -0.440 e. The van der Waals surface area contributed by atoms with Crippen molar-refractivity contribution in [1.82, 2.24) is 5.32 Å². The largest absolute Gasteiger partial charge is 0.440 e. The standard InChI is InChI=1S/C7H11NO2/c1-3-4-6-5(2)8-7(9)10-6/h3-6H,1-2H3,(H,8,9)/b4-3+. The molecule has 2 atom stereocenters. The molecule has 0 radical (unpaired) electrons. The second-order valence-electron chi connectivity index (χ2n) is 2.33. The Kier molecular flexibility index (Phi) is 1.94. The van der Waals surface area contributed by atoms with Crippen molar-refractivity contribution in [3.05, 3.63) is 12.2 Å². The average Bonchev–Trinajstić information content (AvgIpc) is 2.13. The molecular weight excluding hydrogens is 130 g/mol. The second-order valence-corrected chi connectivity index (χ2v) is 2.33. The lowest BCUT2D eigenvalue weighted by Crippen LogP contribution is -2.26. The molecule has 0 aliphatic carbocycles. The SMILES string of the molecule is C/C=C/C1OC(=O)NC1C. The van der Waals surface area contributed by atoms with E-state index in [4.69, 9.17) is 4.74 Å². The predicted molar refractivity (Wildman–Crippen MR) is 37.7 cm³/mol. The van der Waals surface area contributed by atoms with Gasteiger partial charge in [0.2, 0.25) is 0 Å². The number of nitrogens with one attached hydrogen (secondary N) is 1. The number of allylic oxidation sites excluding steroid dienone is 1.